The SMILES string of the molecule is NC(N)=NC1CC(c2ccc(C(F)(F)F)cc2)C1. The lowest BCUT2D eigenvalue weighted by Gasteiger charge is -2.33. The maximum absolute atomic E-state index is 12.4. The molecule has 0 heterocycles. The Bertz CT molecular complexity index is 441. The highest BCUT2D eigenvalue weighted by atomic mass is 19.4. The highest BCUT2D eigenvalue weighted by molar-refractivity contribution is 5.76. The molecule has 0 atom stereocenters. The zero-order valence-corrected chi connectivity index (χ0v) is 9.61. The fourth-order valence-electron chi connectivity index (χ4n) is 2.12. The molecule has 0 saturated heterocycles. The third-order valence-corrected chi connectivity index (χ3v) is 3.15. The van der Waals surface area contributed by atoms with Crippen molar-refractivity contribution in [3.63, 3.8) is 0 Å². The summed E-state index contributed by atoms with van der Waals surface area (Å²) in [4.78, 5) is 4.01. The van der Waals surface area contributed by atoms with Gasteiger partial charge >= 0.3 is 6.18 Å². The van der Waals surface area contributed by atoms with E-state index in [2.05, 4.69) is 4.99 Å². The maximum atomic E-state index is 12.4. The van der Waals surface area contributed by atoms with Crippen LogP contribution in [0.3, 0.4) is 0 Å². The Balaban J connectivity index is 1.99. The molecular formula is C12H14F3N3. The Morgan fingerprint density at radius 2 is 1.67 bits per heavy atom. The van der Waals surface area contributed by atoms with E-state index in [4.69, 9.17) is 11.5 Å². The predicted molar refractivity (Wildman–Crippen MR) is 63.0 cm³/mol. The van der Waals surface area contributed by atoms with E-state index in [1.54, 1.807) is 0 Å². The van der Waals surface area contributed by atoms with E-state index < -0.39 is 11.7 Å². The molecule has 1 aromatic rings. The van der Waals surface area contributed by atoms with Crippen LogP contribution in [0, 0.1) is 0 Å². The number of alkyl halides is 3. The van der Waals surface area contributed by atoms with Crippen LogP contribution in [0.5, 0.6) is 0 Å². The Morgan fingerprint density at radius 3 is 2.11 bits per heavy atom. The van der Waals surface area contributed by atoms with Crippen molar-refractivity contribution in [1.82, 2.24) is 0 Å². The van der Waals surface area contributed by atoms with Gasteiger partial charge in [0.15, 0.2) is 5.96 Å². The Labute approximate surface area is 103 Å². The van der Waals surface area contributed by atoms with Gasteiger partial charge in [0.2, 0.25) is 0 Å². The number of halogens is 3. The van der Waals surface area contributed by atoms with Gasteiger partial charge < -0.3 is 11.5 Å². The van der Waals surface area contributed by atoms with Crippen molar-refractivity contribution in [3.05, 3.63) is 35.4 Å². The molecule has 0 aromatic heterocycles. The van der Waals surface area contributed by atoms with Gasteiger partial charge in [-0.1, -0.05) is 12.1 Å². The van der Waals surface area contributed by atoms with Crippen LogP contribution in [0.25, 0.3) is 0 Å². The maximum Gasteiger partial charge on any atom is 0.416 e. The molecule has 0 aliphatic heterocycles. The van der Waals surface area contributed by atoms with Crippen molar-refractivity contribution in [2.24, 2.45) is 16.5 Å². The lowest BCUT2D eigenvalue weighted by atomic mass is 9.76. The second-order valence-electron chi connectivity index (χ2n) is 4.50. The largest absolute Gasteiger partial charge is 0.416 e. The zero-order chi connectivity index (χ0) is 13.3. The average molecular weight is 257 g/mol. The fourth-order valence-corrected chi connectivity index (χ4v) is 2.12. The van der Waals surface area contributed by atoms with Crippen molar-refractivity contribution >= 4 is 5.96 Å². The first-order valence-corrected chi connectivity index (χ1v) is 5.62. The van der Waals surface area contributed by atoms with Gasteiger partial charge in [-0.3, -0.25) is 4.99 Å². The molecule has 18 heavy (non-hydrogen) atoms. The lowest BCUT2D eigenvalue weighted by molar-refractivity contribution is -0.137. The quantitative estimate of drug-likeness (QED) is 0.630. The number of hydrogen-bond acceptors (Lipinski definition) is 1. The summed E-state index contributed by atoms with van der Waals surface area (Å²) < 4.78 is 37.1. The number of rotatable bonds is 2. The Kier molecular flexibility index (Phi) is 3.19. The van der Waals surface area contributed by atoms with Crippen LogP contribution in [-0.2, 0) is 6.18 Å². The third kappa shape index (κ3) is 2.75. The molecule has 1 fully saturated rings. The van der Waals surface area contributed by atoms with Crippen molar-refractivity contribution in [1.29, 1.82) is 0 Å². The lowest BCUT2D eigenvalue weighted by Crippen LogP contribution is -2.31. The van der Waals surface area contributed by atoms with E-state index >= 15 is 0 Å². The summed E-state index contributed by atoms with van der Waals surface area (Å²) in [7, 11) is 0. The molecule has 0 unspecified atom stereocenters. The minimum Gasteiger partial charge on any atom is -0.370 e. The topological polar surface area (TPSA) is 64.4 Å². The average Bonchev–Trinajstić information content (AvgIpc) is 2.21. The number of nitrogens with zero attached hydrogens (tertiary/aromatic N) is 1. The zero-order valence-electron chi connectivity index (χ0n) is 9.61. The first-order chi connectivity index (χ1) is 8.36. The third-order valence-electron chi connectivity index (χ3n) is 3.15. The normalized spacial score (nSPS) is 23.3. The van der Waals surface area contributed by atoms with Crippen LogP contribution in [0.1, 0.15) is 29.9 Å². The molecular weight excluding hydrogens is 243 g/mol. The van der Waals surface area contributed by atoms with Gasteiger partial charge in [0, 0.05) is 0 Å². The number of aliphatic imine (C=N–C) groups is 1. The van der Waals surface area contributed by atoms with Gasteiger partial charge in [-0.2, -0.15) is 13.2 Å². The second kappa shape index (κ2) is 4.51. The van der Waals surface area contributed by atoms with Gasteiger partial charge in [-0.05, 0) is 36.5 Å². The van der Waals surface area contributed by atoms with E-state index in [9.17, 15) is 13.2 Å². The van der Waals surface area contributed by atoms with Crippen molar-refractivity contribution in [3.8, 4) is 0 Å². The van der Waals surface area contributed by atoms with Crippen LogP contribution in [0.2, 0.25) is 0 Å². The first kappa shape index (κ1) is 12.7. The molecule has 4 N–H and O–H groups in total. The molecule has 0 spiro atoms. The molecule has 3 nitrogen and oxygen atoms in total. The molecule has 0 radical (unpaired) electrons. The summed E-state index contributed by atoms with van der Waals surface area (Å²) >= 11 is 0. The highest BCUT2D eigenvalue weighted by Crippen LogP contribution is 2.39. The summed E-state index contributed by atoms with van der Waals surface area (Å²) in [5.74, 6) is 0.311. The van der Waals surface area contributed by atoms with E-state index in [0.29, 0.717) is 0 Å². The molecule has 1 aliphatic rings. The van der Waals surface area contributed by atoms with Crippen molar-refractivity contribution < 1.29 is 13.2 Å². The monoisotopic (exact) mass is 257 g/mol. The van der Waals surface area contributed by atoms with Gasteiger partial charge in [0.1, 0.15) is 0 Å². The van der Waals surface area contributed by atoms with E-state index in [-0.39, 0.29) is 17.9 Å². The summed E-state index contributed by atoms with van der Waals surface area (Å²) in [6.07, 6.45) is -2.72. The summed E-state index contributed by atoms with van der Waals surface area (Å²) in [5, 5.41) is 0. The molecule has 0 bridgehead atoms. The minimum atomic E-state index is -4.28. The van der Waals surface area contributed by atoms with E-state index in [1.165, 1.54) is 12.1 Å². The number of nitrogens with two attached hydrogens (primary N) is 2. The van der Waals surface area contributed by atoms with Crippen LogP contribution in [0.4, 0.5) is 13.2 Å². The smallest absolute Gasteiger partial charge is 0.370 e. The standard InChI is InChI=1S/C12H14F3N3/c13-12(14,15)9-3-1-7(2-4-9)8-5-10(6-8)18-11(16)17/h1-4,8,10H,5-6H2,(H4,16,17,18). The van der Waals surface area contributed by atoms with Crippen LogP contribution >= 0.6 is 0 Å². The van der Waals surface area contributed by atoms with E-state index in [0.717, 1.165) is 30.5 Å². The fraction of sp³-hybridized carbons (Fsp3) is 0.417. The first-order valence-electron chi connectivity index (χ1n) is 5.62. The van der Waals surface area contributed by atoms with Crippen molar-refractivity contribution in [2.45, 2.75) is 31.0 Å². The number of guanidine groups is 1. The van der Waals surface area contributed by atoms with Crippen LogP contribution < -0.4 is 11.5 Å². The van der Waals surface area contributed by atoms with Crippen LogP contribution in [-0.4, -0.2) is 12.0 Å². The van der Waals surface area contributed by atoms with Gasteiger partial charge in [0.05, 0.1) is 11.6 Å². The minimum absolute atomic E-state index is 0.0610. The second-order valence-corrected chi connectivity index (χ2v) is 4.50. The molecule has 1 saturated carbocycles. The van der Waals surface area contributed by atoms with Gasteiger partial charge in [-0.25, -0.2) is 0 Å². The summed E-state index contributed by atoms with van der Waals surface area (Å²) in [5.41, 5.74) is 10.8. The Hall–Kier alpha value is -1.72. The van der Waals surface area contributed by atoms with Gasteiger partial charge in [0.25, 0.3) is 0 Å². The molecule has 6 heteroatoms. The van der Waals surface area contributed by atoms with Crippen LogP contribution in [0.15, 0.2) is 29.3 Å². The molecule has 98 valence electrons. The van der Waals surface area contributed by atoms with E-state index in [1.807, 2.05) is 0 Å². The predicted octanol–water partition coefficient (Wildman–Crippen LogP) is 2.22. The number of hydrogen-bond donors (Lipinski definition) is 2. The Morgan fingerprint density at radius 1 is 1.11 bits per heavy atom. The molecule has 2 rings (SSSR count). The van der Waals surface area contributed by atoms with Crippen molar-refractivity contribution in [2.75, 3.05) is 0 Å². The molecule has 1 aromatic carbocycles. The van der Waals surface area contributed by atoms with Gasteiger partial charge in [-0.15, -0.1) is 0 Å². The molecule has 1 aliphatic carbocycles. The number of benzene rings is 1. The summed E-state index contributed by atoms with van der Waals surface area (Å²) in [6, 6.07) is 5.38. The molecule has 0 amide bonds. The summed E-state index contributed by atoms with van der Waals surface area (Å²) in [6.45, 7) is 0. The highest BCUT2D eigenvalue weighted by Gasteiger charge is 2.32.